The second-order valence-corrected chi connectivity index (χ2v) is 6.48. The van der Waals surface area contributed by atoms with Crippen LogP contribution in [0, 0.1) is 6.92 Å². The zero-order chi connectivity index (χ0) is 16.5. The van der Waals surface area contributed by atoms with Crippen LogP contribution >= 0.6 is 11.3 Å². The van der Waals surface area contributed by atoms with Crippen molar-refractivity contribution >= 4 is 27.4 Å². The highest BCUT2D eigenvalue weighted by Crippen LogP contribution is 2.30. The summed E-state index contributed by atoms with van der Waals surface area (Å²) in [7, 11) is 2.04. The van der Waals surface area contributed by atoms with Gasteiger partial charge in [0.2, 0.25) is 0 Å². The van der Waals surface area contributed by atoms with Crippen LogP contribution in [0.3, 0.4) is 0 Å². The molecular weight excluding hydrogens is 320 g/mol. The minimum Gasteiger partial charge on any atom is -0.469 e. The van der Waals surface area contributed by atoms with Gasteiger partial charge in [-0.1, -0.05) is 6.07 Å². The summed E-state index contributed by atoms with van der Waals surface area (Å²) in [5.41, 5.74) is 1.93. The second-order valence-electron chi connectivity index (χ2n) is 5.58. The molecule has 0 bridgehead atoms. The van der Waals surface area contributed by atoms with Crippen molar-refractivity contribution in [3.05, 3.63) is 59.5 Å². The summed E-state index contributed by atoms with van der Waals surface area (Å²) in [5.74, 6) is 2.49. The molecule has 0 unspecified atom stereocenters. The molecule has 0 aliphatic carbocycles. The first-order valence-electron chi connectivity index (χ1n) is 7.63. The number of hydrogen-bond acceptors (Lipinski definition) is 6. The van der Waals surface area contributed by atoms with Crippen molar-refractivity contribution < 1.29 is 4.42 Å². The SMILES string of the molecule is Cc1occc1CN(C)c1nc(-c2ccccn2)nc2sccc12. The van der Waals surface area contributed by atoms with Gasteiger partial charge in [0, 0.05) is 25.4 Å². The van der Waals surface area contributed by atoms with Crippen molar-refractivity contribution in [2.75, 3.05) is 11.9 Å². The summed E-state index contributed by atoms with van der Waals surface area (Å²) < 4.78 is 5.40. The molecule has 0 radical (unpaired) electrons. The Bertz CT molecular complexity index is 977. The van der Waals surface area contributed by atoms with Gasteiger partial charge in [-0.15, -0.1) is 11.3 Å². The first kappa shape index (κ1) is 14.8. The fourth-order valence-corrected chi connectivity index (χ4v) is 3.40. The monoisotopic (exact) mass is 336 g/mol. The molecule has 6 heteroatoms. The van der Waals surface area contributed by atoms with Gasteiger partial charge >= 0.3 is 0 Å². The number of rotatable bonds is 4. The van der Waals surface area contributed by atoms with Crippen LogP contribution in [0.4, 0.5) is 5.82 Å². The third-order valence-corrected chi connectivity index (χ3v) is 4.74. The van der Waals surface area contributed by atoms with Gasteiger partial charge in [0.15, 0.2) is 5.82 Å². The van der Waals surface area contributed by atoms with E-state index in [9.17, 15) is 0 Å². The number of anilines is 1. The number of pyridine rings is 1. The Labute approximate surface area is 143 Å². The smallest absolute Gasteiger partial charge is 0.181 e. The maximum absolute atomic E-state index is 5.40. The van der Waals surface area contributed by atoms with Crippen LogP contribution in [0.1, 0.15) is 11.3 Å². The third-order valence-electron chi connectivity index (χ3n) is 3.93. The molecule has 4 rings (SSSR count). The Balaban J connectivity index is 1.79. The molecule has 0 saturated carbocycles. The summed E-state index contributed by atoms with van der Waals surface area (Å²) >= 11 is 1.61. The summed E-state index contributed by atoms with van der Waals surface area (Å²) in [6.45, 7) is 2.70. The number of nitrogens with zero attached hydrogens (tertiary/aromatic N) is 4. The normalized spacial score (nSPS) is 11.1. The summed E-state index contributed by atoms with van der Waals surface area (Å²) in [5, 5.41) is 3.10. The molecule has 0 aromatic carbocycles. The van der Waals surface area contributed by atoms with Crippen molar-refractivity contribution in [1.82, 2.24) is 15.0 Å². The Morgan fingerprint density at radius 2 is 2.08 bits per heavy atom. The van der Waals surface area contributed by atoms with E-state index in [0.717, 1.165) is 39.6 Å². The van der Waals surface area contributed by atoms with Gasteiger partial charge in [-0.3, -0.25) is 4.98 Å². The lowest BCUT2D eigenvalue weighted by Crippen LogP contribution is -2.18. The standard InChI is InChI=1S/C18H16N4OS/c1-12-13(6-9-23-12)11-22(2)17-14-7-10-24-18(14)21-16(20-17)15-5-3-4-8-19-15/h3-10H,11H2,1-2H3. The zero-order valence-electron chi connectivity index (χ0n) is 13.4. The van der Waals surface area contributed by atoms with Crippen molar-refractivity contribution in [2.24, 2.45) is 0 Å². The Kier molecular flexibility index (Phi) is 3.74. The van der Waals surface area contributed by atoms with E-state index in [0.29, 0.717) is 5.82 Å². The fourth-order valence-electron chi connectivity index (χ4n) is 2.65. The average Bonchev–Trinajstić information content (AvgIpc) is 3.24. The van der Waals surface area contributed by atoms with Gasteiger partial charge in [0.25, 0.3) is 0 Å². The van der Waals surface area contributed by atoms with Gasteiger partial charge in [-0.05, 0) is 36.6 Å². The predicted octanol–water partition coefficient (Wildman–Crippen LogP) is 4.29. The number of hydrogen-bond donors (Lipinski definition) is 0. The molecule has 0 spiro atoms. The number of fused-ring (bicyclic) bond motifs is 1. The zero-order valence-corrected chi connectivity index (χ0v) is 14.2. The molecule has 0 amide bonds. The van der Waals surface area contributed by atoms with Crippen LogP contribution in [0.5, 0.6) is 0 Å². The number of aryl methyl sites for hydroxylation is 1. The van der Waals surface area contributed by atoms with E-state index in [1.54, 1.807) is 23.8 Å². The van der Waals surface area contributed by atoms with E-state index in [2.05, 4.69) is 20.9 Å². The van der Waals surface area contributed by atoms with E-state index in [-0.39, 0.29) is 0 Å². The van der Waals surface area contributed by atoms with Crippen LogP contribution in [0.2, 0.25) is 0 Å². The van der Waals surface area contributed by atoms with Crippen molar-refractivity contribution in [3.63, 3.8) is 0 Å². The van der Waals surface area contributed by atoms with Crippen LogP contribution in [-0.4, -0.2) is 22.0 Å². The molecule has 120 valence electrons. The Morgan fingerprint density at radius 3 is 2.83 bits per heavy atom. The van der Waals surface area contributed by atoms with Crippen molar-refractivity contribution in [2.45, 2.75) is 13.5 Å². The van der Waals surface area contributed by atoms with Gasteiger partial charge < -0.3 is 9.32 Å². The lowest BCUT2D eigenvalue weighted by Gasteiger charge is -2.19. The Hall–Kier alpha value is -2.73. The molecule has 4 aromatic rings. The molecule has 0 atom stereocenters. The van der Waals surface area contributed by atoms with E-state index in [1.807, 2.05) is 43.6 Å². The van der Waals surface area contributed by atoms with Crippen LogP contribution in [-0.2, 0) is 6.54 Å². The van der Waals surface area contributed by atoms with Crippen LogP contribution in [0.15, 0.2) is 52.6 Å². The first-order valence-corrected chi connectivity index (χ1v) is 8.51. The molecule has 0 aliphatic rings. The van der Waals surface area contributed by atoms with Crippen molar-refractivity contribution in [3.8, 4) is 11.5 Å². The minimum atomic E-state index is 0.649. The Morgan fingerprint density at radius 1 is 1.17 bits per heavy atom. The maximum atomic E-state index is 5.40. The predicted molar refractivity (Wildman–Crippen MR) is 96.2 cm³/mol. The number of furan rings is 1. The van der Waals surface area contributed by atoms with Gasteiger partial charge in [-0.2, -0.15) is 0 Å². The van der Waals surface area contributed by atoms with Gasteiger partial charge in [-0.25, -0.2) is 9.97 Å². The highest BCUT2D eigenvalue weighted by atomic mass is 32.1. The second kappa shape index (κ2) is 6.05. The summed E-state index contributed by atoms with van der Waals surface area (Å²) in [6.07, 6.45) is 3.48. The molecule has 0 saturated heterocycles. The highest BCUT2D eigenvalue weighted by molar-refractivity contribution is 7.16. The van der Waals surface area contributed by atoms with Gasteiger partial charge in [0.1, 0.15) is 22.1 Å². The third kappa shape index (κ3) is 2.65. The van der Waals surface area contributed by atoms with Crippen molar-refractivity contribution in [1.29, 1.82) is 0 Å². The fraction of sp³-hybridized carbons (Fsp3) is 0.167. The topological polar surface area (TPSA) is 55.1 Å². The minimum absolute atomic E-state index is 0.649. The molecule has 24 heavy (non-hydrogen) atoms. The van der Waals surface area contributed by atoms with E-state index >= 15 is 0 Å². The molecule has 0 fully saturated rings. The molecule has 4 aromatic heterocycles. The summed E-state index contributed by atoms with van der Waals surface area (Å²) in [4.78, 5) is 16.9. The van der Waals surface area contributed by atoms with E-state index < -0.39 is 0 Å². The van der Waals surface area contributed by atoms with E-state index in [4.69, 9.17) is 9.40 Å². The van der Waals surface area contributed by atoms with Crippen LogP contribution < -0.4 is 4.90 Å². The molecule has 0 aliphatic heterocycles. The lowest BCUT2D eigenvalue weighted by atomic mass is 10.2. The molecular formula is C18H16N4OS. The number of thiophene rings is 1. The quantitative estimate of drug-likeness (QED) is 0.556. The molecule has 5 nitrogen and oxygen atoms in total. The highest BCUT2D eigenvalue weighted by Gasteiger charge is 2.15. The molecule has 4 heterocycles. The van der Waals surface area contributed by atoms with E-state index in [1.165, 1.54) is 0 Å². The lowest BCUT2D eigenvalue weighted by molar-refractivity contribution is 0.529. The average molecular weight is 336 g/mol. The van der Waals surface area contributed by atoms with Gasteiger partial charge in [0.05, 0.1) is 11.6 Å². The maximum Gasteiger partial charge on any atom is 0.181 e. The molecule has 0 N–H and O–H groups in total. The van der Waals surface area contributed by atoms with Crippen LogP contribution in [0.25, 0.3) is 21.7 Å². The number of aromatic nitrogens is 3. The summed E-state index contributed by atoms with van der Waals surface area (Å²) in [6, 6.07) is 9.83. The largest absolute Gasteiger partial charge is 0.469 e. The first-order chi connectivity index (χ1) is 11.7.